The summed E-state index contributed by atoms with van der Waals surface area (Å²) in [6, 6.07) is 0. The summed E-state index contributed by atoms with van der Waals surface area (Å²) in [5.74, 6) is 0.0809. The van der Waals surface area contributed by atoms with Crippen LogP contribution < -0.4 is 10.5 Å². The first-order chi connectivity index (χ1) is 7.14. The fourth-order valence-corrected chi connectivity index (χ4v) is 2.90. The molecule has 98 valence electrons. The van der Waals surface area contributed by atoms with Crippen molar-refractivity contribution in [2.75, 3.05) is 25.4 Å². The molecule has 0 aliphatic carbocycles. The molecule has 0 aromatic heterocycles. The Labute approximate surface area is 104 Å². The number of hydrogen-bond acceptors (Lipinski definition) is 4. The van der Waals surface area contributed by atoms with Crippen molar-refractivity contribution in [3.63, 3.8) is 0 Å². The number of nitrogens with one attached hydrogen (secondary N) is 1. The van der Waals surface area contributed by atoms with Crippen LogP contribution in [-0.2, 0) is 14.8 Å². The van der Waals surface area contributed by atoms with Gasteiger partial charge in [-0.05, 0) is 32.2 Å². The first-order valence-electron chi connectivity index (χ1n) is 5.43. The van der Waals surface area contributed by atoms with E-state index < -0.39 is 10.0 Å². The van der Waals surface area contributed by atoms with Crippen LogP contribution in [-0.4, -0.2) is 40.0 Å². The van der Waals surface area contributed by atoms with Crippen LogP contribution in [0.2, 0.25) is 0 Å². The molecule has 1 rings (SSSR count). The van der Waals surface area contributed by atoms with E-state index in [1.807, 2.05) is 0 Å². The molecule has 0 radical (unpaired) electrons. The highest BCUT2D eigenvalue weighted by atomic mass is 35.5. The molecule has 1 aliphatic heterocycles. The summed E-state index contributed by atoms with van der Waals surface area (Å²) in [5.41, 5.74) is 5.28. The fourth-order valence-electron chi connectivity index (χ4n) is 1.57. The van der Waals surface area contributed by atoms with E-state index in [1.165, 1.54) is 0 Å². The number of rotatable bonds is 6. The van der Waals surface area contributed by atoms with Crippen LogP contribution in [0.5, 0.6) is 0 Å². The first kappa shape index (κ1) is 16.1. The van der Waals surface area contributed by atoms with Gasteiger partial charge in [-0.25, -0.2) is 13.1 Å². The van der Waals surface area contributed by atoms with E-state index in [-0.39, 0.29) is 24.3 Å². The number of hydrogen-bond donors (Lipinski definition) is 2. The maximum Gasteiger partial charge on any atom is 0.214 e. The smallest absolute Gasteiger partial charge is 0.214 e. The zero-order valence-electron chi connectivity index (χ0n) is 9.35. The van der Waals surface area contributed by atoms with Gasteiger partial charge >= 0.3 is 0 Å². The Kier molecular flexibility index (Phi) is 8.31. The van der Waals surface area contributed by atoms with Crippen LogP contribution in [0, 0.1) is 0 Å². The molecule has 0 aromatic rings. The van der Waals surface area contributed by atoms with Crippen LogP contribution in [0.25, 0.3) is 0 Å². The van der Waals surface area contributed by atoms with E-state index >= 15 is 0 Å². The highest BCUT2D eigenvalue weighted by Crippen LogP contribution is 2.13. The van der Waals surface area contributed by atoms with Crippen LogP contribution in [0.3, 0.4) is 0 Å². The number of nitrogens with two attached hydrogens (primary N) is 1. The van der Waals surface area contributed by atoms with E-state index in [0.717, 1.165) is 19.3 Å². The highest BCUT2D eigenvalue weighted by molar-refractivity contribution is 7.89. The predicted octanol–water partition coefficient (Wildman–Crippen LogP) is 0.245. The average Bonchev–Trinajstić information content (AvgIpc) is 2.18. The van der Waals surface area contributed by atoms with Gasteiger partial charge < -0.3 is 10.5 Å². The zero-order valence-corrected chi connectivity index (χ0v) is 11.0. The van der Waals surface area contributed by atoms with Gasteiger partial charge in [0, 0.05) is 13.2 Å². The van der Waals surface area contributed by atoms with Crippen molar-refractivity contribution >= 4 is 22.4 Å². The molecule has 7 heteroatoms. The maximum atomic E-state index is 11.5. The minimum Gasteiger partial charge on any atom is -0.377 e. The summed E-state index contributed by atoms with van der Waals surface area (Å²) in [5, 5.41) is 0. The Morgan fingerprint density at radius 3 is 2.69 bits per heavy atom. The normalized spacial score (nSPS) is 21.4. The monoisotopic (exact) mass is 272 g/mol. The minimum absolute atomic E-state index is 0. The van der Waals surface area contributed by atoms with Gasteiger partial charge in [-0.1, -0.05) is 0 Å². The molecular formula is C9H21ClN2O3S. The highest BCUT2D eigenvalue weighted by Gasteiger charge is 2.21. The van der Waals surface area contributed by atoms with Gasteiger partial charge in [0.2, 0.25) is 10.0 Å². The molecular weight excluding hydrogens is 252 g/mol. The Morgan fingerprint density at radius 2 is 2.12 bits per heavy atom. The van der Waals surface area contributed by atoms with E-state index in [0.29, 0.717) is 26.1 Å². The summed E-state index contributed by atoms with van der Waals surface area (Å²) in [4.78, 5) is 0. The van der Waals surface area contributed by atoms with E-state index in [9.17, 15) is 8.42 Å². The van der Waals surface area contributed by atoms with Crippen molar-refractivity contribution < 1.29 is 13.2 Å². The standard InChI is InChI=1S/C9H20N2O3S.ClH/c10-5-3-6-11-15(12,13)8-9-4-1-2-7-14-9;/h9,11H,1-8,10H2;1H. The molecule has 0 spiro atoms. The molecule has 1 heterocycles. The summed E-state index contributed by atoms with van der Waals surface area (Å²) in [7, 11) is -3.18. The molecule has 0 saturated carbocycles. The quantitative estimate of drug-likeness (QED) is 0.679. The van der Waals surface area contributed by atoms with Crippen LogP contribution in [0.1, 0.15) is 25.7 Å². The maximum absolute atomic E-state index is 11.5. The van der Waals surface area contributed by atoms with Gasteiger partial charge in [-0.15, -0.1) is 12.4 Å². The number of sulfonamides is 1. The SMILES string of the molecule is Cl.NCCCNS(=O)(=O)CC1CCCCO1. The summed E-state index contributed by atoms with van der Waals surface area (Å²) in [6.07, 6.45) is 3.48. The molecule has 0 amide bonds. The van der Waals surface area contributed by atoms with Crippen LogP contribution >= 0.6 is 12.4 Å². The molecule has 5 nitrogen and oxygen atoms in total. The summed E-state index contributed by atoms with van der Waals surface area (Å²) >= 11 is 0. The molecule has 1 atom stereocenters. The molecule has 1 saturated heterocycles. The van der Waals surface area contributed by atoms with Crippen LogP contribution in [0.15, 0.2) is 0 Å². The minimum atomic E-state index is -3.18. The zero-order chi connectivity index (χ0) is 11.1. The molecule has 16 heavy (non-hydrogen) atoms. The molecule has 1 aliphatic rings. The number of ether oxygens (including phenoxy) is 1. The van der Waals surface area contributed by atoms with Gasteiger partial charge in [0.25, 0.3) is 0 Å². The molecule has 3 N–H and O–H groups in total. The summed E-state index contributed by atoms with van der Waals surface area (Å²) in [6.45, 7) is 1.61. The third-order valence-corrected chi connectivity index (χ3v) is 3.84. The third kappa shape index (κ3) is 6.65. The van der Waals surface area contributed by atoms with Gasteiger partial charge in [-0.2, -0.15) is 0 Å². The van der Waals surface area contributed by atoms with Crippen molar-refractivity contribution in [2.24, 2.45) is 5.73 Å². The van der Waals surface area contributed by atoms with Crippen molar-refractivity contribution in [2.45, 2.75) is 31.8 Å². The molecule has 0 aromatic carbocycles. The second kappa shape index (κ2) is 8.25. The molecule has 1 unspecified atom stereocenters. The van der Waals surface area contributed by atoms with Crippen molar-refractivity contribution in [1.29, 1.82) is 0 Å². The van der Waals surface area contributed by atoms with E-state index in [4.69, 9.17) is 10.5 Å². The fraction of sp³-hybridized carbons (Fsp3) is 1.00. The second-order valence-electron chi connectivity index (χ2n) is 3.81. The second-order valence-corrected chi connectivity index (χ2v) is 5.66. The Balaban J connectivity index is 0.00000225. The Morgan fingerprint density at radius 1 is 1.38 bits per heavy atom. The lowest BCUT2D eigenvalue weighted by Crippen LogP contribution is -2.35. The van der Waals surface area contributed by atoms with Gasteiger partial charge in [0.15, 0.2) is 0 Å². The first-order valence-corrected chi connectivity index (χ1v) is 7.08. The van der Waals surface area contributed by atoms with Crippen molar-refractivity contribution in [3.8, 4) is 0 Å². The third-order valence-electron chi connectivity index (χ3n) is 2.38. The Bertz CT molecular complexity index is 266. The lowest BCUT2D eigenvalue weighted by atomic mass is 10.1. The molecule has 0 bridgehead atoms. The predicted molar refractivity (Wildman–Crippen MR) is 66.3 cm³/mol. The summed E-state index contributed by atoms with van der Waals surface area (Å²) < 4.78 is 31.0. The lowest BCUT2D eigenvalue weighted by Gasteiger charge is -2.22. The lowest BCUT2D eigenvalue weighted by molar-refractivity contribution is 0.0304. The van der Waals surface area contributed by atoms with Crippen molar-refractivity contribution in [1.82, 2.24) is 4.72 Å². The Hall–Kier alpha value is 0.120. The molecule has 1 fully saturated rings. The van der Waals surface area contributed by atoms with Gasteiger partial charge in [0.1, 0.15) is 0 Å². The van der Waals surface area contributed by atoms with Gasteiger partial charge in [0.05, 0.1) is 11.9 Å². The average molecular weight is 273 g/mol. The van der Waals surface area contributed by atoms with Crippen molar-refractivity contribution in [3.05, 3.63) is 0 Å². The van der Waals surface area contributed by atoms with E-state index in [2.05, 4.69) is 4.72 Å². The van der Waals surface area contributed by atoms with E-state index in [1.54, 1.807) is 0 Å². The largest absolute Gasteiger partial charge is 0.377 e. The van der Waals surface area contributed by atoms with Crippen LogP contribution in [0.4, 0.5) is 0 Å². The number of halogens is 1. The van der Waals surface area contributed by atoms with Gasteiger partial charge in [-0.3, -0.25) is 0 Å². The topological polar surface area (TPSA) is 81.4 Å².